The van der Waals surface area contributed by atoms with Crippen molar-refractivity contribution in [2.24, 2.45) is 10.9 Å². The molecule has 2 rings (SSSR count). The molecule has 1 aromatic rings. The van der Waals surface area contributed by atoms with Crippen LogP contribution >= 0.6 is 25.5 Å². The number of halogens is 3. The predicted octanol–water partition coefficient (Wildman–Crippen LogP) is 4.26. The van der Waals surface area contributed by atoms with Crippen molar-refractivity contribution < 1.29 is 28.0 Å². The van der Waals surface area contributed by atoms with Crippen LogP contribution in [0.2, 0.25) is 0 Å². The Morgan fingerprint density at radius 2 is 1.89 bits per heavy atom. The summed E-state index contributed by atoms with van der Waals surface area (Å²) < 4.78 is 5.48. The van der Waals surface area contributed by atoms with Crippen molar-refractivity contribution >= 4 is 31.4 Å². The maximum absolute atomic E-state index is 9.63. The molecule has 3 nitrogen and oxygen atoms in total. The molecule has 1 heterocycles. The molecule has 0 bridgehead atoms. The first-order chi connectivity index (χ1) is 8.91. The van der Waals surface area contributed by atoms with Crippen LogP contribution in [0.1, 0.15) is 19.4 Å². The van der Waals surface area contributed by atoms with E-state index in [4.69, 9.17) is 30.3 Å². The van der Waals surface area contributed by atoms with Crippen LogP contribution in [0.4, 0.5) is 0 Å². The SMILES string of the molecule is CC(C)[C@H]1COC(c2ccccc2O)=N1.[Cl][Zr]([Cl])[Cl]. The Hall–Kier alpha value is 0.243. The third-order valence-electron chi connectivity index (χ3n) is 2.58. The Bertz CT molecular complexity index is 438. The first-order valence-corrected chi connectivity index (χ1v) is 15.2. The standard InChI is InChI=1S/C12H15NO2.3ClH.Zr/c1-8(2)10-7-15-12(13-10)9-5-3-4-6-11(9)14;;;;/h3-6,8,10,14H,7H2,1-2H3;3*1H;/q;;;;+3/p-3/t10-;;;;/m1..../s1. The zero-order valence-electron chi connectivity index (χ0n) is 10.6. The molecule has 105 valence electrons. The van der Waals surface area contributed by atoms with Crippen molar-refractivity contribution in [3.8, 4) is 5.75 Å². The first kappa shape index (κ1) is 17.3. The monoisotopic (exact) mass is 400 g/mol. The van der Waals surface area contributed by atoms with Crippen LogP contribution in [0.15, 0.2) is 29.3 Å². The van der Waals surface area contributed by atoms with Crippen LogP contribution in [0.5, 0.6) is 5.75 Å². The van der Waals surface area contributed by atoms with Crippen molar-refractivity contribution in [3.05, 3.63) is 29.8 Å². The van der Waals surface area contributed by atoms with Crippen molar-refractivity contribution in [1.29, 1.82) is 0 Å². The normalized spacial score (nSPS) is 17.4. The van der Waals surface area contributed by atoms with Crippen LogP contribution in [0.25, 0.3) is 0 Å². The summed E-state index contributed by atoms with van der Waals surface area (Å²) in [6.45, 7) is 4.85. The second-order valence-corrected chi connectivity index (χ2v) is 15.5. The molecule has 7 heteroatoms. The third-order valence-corrected chi connectivity index (χ3v) is 2.58. The minimum absolute atomic E-state index is 0.208. The summed E-state index contributed by atoms with van der Waals surface area (Å²) in [6, 6.07) is 7.32. The number of aliphatic imine (C=N–C) groups is 1. The summed E-state index contributed by atoms with van der Waals surface area (Å²) in [4.78, 5) is 4.45. The number of aromatic hydroxyl groups is 1. The van der Waals surface area contributed by atoms with Gasteiger partial charge in [-0.1, -0.05) is 26.0 Å². The average Bonchev–Trinajstić information content (AvgIpc) is 2.78. The molecule has 0 unspecified atom stereocenters. The molecule has 0 aliphatic carbocycles. The summed E-state index contributed by atoms with van der Waals surface area (Å²) >= 11 is -2.13. The molecule has 0 saturated heterocycles. The number of hydrogen-bond acceptors (Lipinski definition) is 3. The third kappa shape index (κ3) is 6.03. The Labute approximate surface area is 131 Å². The topological polar surface area (TPSA) is 41.8 Å². The minimum atomic E-state index is -2.13. The fourth-order valence-electron chi connectivity index (χ4n) is 1.53. The molecule has 19 heavy (non-hydrogen) atoms. The number of hydrogen-bond donors (Lipinski definition) is 1. The predicted molar refractivity (Wildman–Crippen MR) is 76.8 cm³/mol. The fraction of sp³-hybridized carbons (Fsp3) is 0.417. The van der Waals surface area contributed by atoms with Crippen LogP contribution in [0.3, 0.4) is 0 Å². The van der Waals surface area contributed by atoms with Crippen LogP contribution < -0.4 is 0 Å². The van der Waals surface area contributed by atoms with Crippen LogP contribution in [-0.4, -0.2) is 23.7 Å². The van der Waals surface area contributed by atoms with Gasteiger partial charge in [0.1, 0.15) is 12.4 Å². The quantitative estimate of drug-likeness (QED) is 0.803. The van der Waals surface area contributed by atoms with Gasteiger partial charge in [0.2, 0.25) is 5.90 Å². The van der Waals surface area contributed by atoms with E-state index in [9.17, 15) is 5.11 Å². The Morgan fingerprint density at radius 3 is 2.37 bits per heavy atom. The number of para-hydroxylation sites is 1. The van der Waals surface area contributed by atoms with Gasteiger partial charge in [-0.25, -0.2) is 4.99 Å². The molecule has 1 aliphatic heterocycles. The van der Waals surface area contributed by atoms with Gasteiger partial charge < -0.3 is 9.84 Å². The molecular weight excluding hydrogens is 388 g/mol. The second-order valence-electron chi connectivity index (χ2n) is 4.29. The van der Waals surface area contributed by atoms with Crippen LogP contribution in [-0.2, 0) is 22.9 Å². The van der Waals surface area contributed by atoms with Crippen molar-refractivity contribution in [1.82, 2.24) is 0 Å². The van der Waals surface area contributed by atoms with Crippen molar-refractivity contribution in [2.45, 2.75) is 19.9 Å². The van der Waals surface area contributed by atoms with Gasteiger partial charge in [-0.05, 0) is 18.1 Å². The van der Waals surface area contributed by atoms with Gasteiger partial charge in [0, 0.05) is 0 Å². The van der Waals surface area contributed by atoms with Gasteiger partial charge in [-0.15, -0.1) is 0 Å². The Kier molecular flexibility index (Phi) is 7.75. The summed E-state index contributed by atoms with van der Waals surface area (Å²) in [5, 5.41) is 9.63. The molecule has 1 aromatic carbocycles. The summed E-state index contributed by atoms with van der Waals surface area (Å²) in [5.74, 6) is 1.25. The Morgan fingerprint density at radius 1 is 1.32 bits per heavy atom. The molecule has 0 radical (unpaired) electrons. The van der Waals surface area contributed by atoms with E-state index in [1.165, 1.54) is 0 Å². The second kappa shape index (κ2) is 8.51. The molecule has 0 fully saturated rings. The average molecular weight is 403 g/mol. The van der Waals surface area contributed by atoms with Crippen LogP contribution in [0, 0.1) is 5.92 Å². The van der Waals surface area contributed by atoms with Crippen molar-refractivity contribution in [2.75, 3.05) is 6.61 Å². The molecule has 1 atom stereocenters. The van der Waals surface area contributed by atoms with Gasteiger partial charge in [-0.3, -0.25) is 0 Å². The van der Waals surface area contributed by atoms with E-state index in [-0.39, 0.29) is 11.8 Å². The van der Waals surface area contributed by atoms with Crippen molar-refractivity contribution in [3.63, 3.8) is 0 Å². The zero-order valence-corrected chi connectivity index (χ0v) is 15.3. The zero-order chi connectivity index (χ0) is 14.4. The van der Waals surface area contributed by atoms with E-state index in [1.54, 1.807) is 12.1 Å². The number of nitrogens with zero attached hydrogens (tertiary/aromatic N) is 1. The number of phenolic OH excluding ortho intramolecular Hbond substituents is 1. The summed E-state index contributed by atoms with van der Waals surface area (Å²) in [6.07, 6.45) is 0. The van der Waals surface area contributed by atoms with Gasteiger partial charge in [0.05, 0.1) is 11.6 Å². The summed E-state index contributed by atoms with van der Waals surface area (Å²) in [7, 11) is 15.0. The van der Waals surface area contributed by atoms with Gasteiger partial charge >= 0.3 is 43.7 Å². The molecule has 1 aliphatic rings. The molecule has 1 N–H and O–H groups in total. The van der Waals surface area contributed by atoms with Gasteiger partial charge in [0.25, 0.3) is 0 Å². The van der Waals surface area contributed by atoms with E-state index >= 15 is 0 Å². The fourth-order valence-corrected chi connectivity index (χ4v) is 1.53. The Balaban J connectivity index is 0.000000399. The van der Waals surface area contributed by atoms with E-state index < -0.39 is 18.2 Å². The van der Waals surface area contributed by atoms with Gasteiger partial charge in [-0.2, -0.15) is 0 Å². The number of phenols is 1. The number of rotatable bonds is 2. The number of ether oxygens (including phenoxy) is 1. The van der Waals surface area contributed by atoms with E-state index in [0.717, 1.165) is 0 Å². The molecular formula is C12H15Cl3NO2Zr. The number of benzene rings is 1. The van der Waals surface area contributed by atoms with Gasteiger partial charge in [0.15, 0.2) is 0 Å². The molecule has 0 amide bonds. The van der Waals surface area contributed by atoms with E-state index in [0.29, 0.717) is 24.0 Å². The maximum atomic E-state index is 9.63. The summed E-state index contributed by atoms with van der Waals surface area (Å²) in [5.41, 5.74) is 0.681. The molecule has 0 saturated carbocycles. The van der Waals surface area contributed by atoms with E-state index in [2.05, 4.69) is 18.8 Å². The molecule has 0 aromatic heterocycles. The molecule has 0 spiro atoms. The van der Waals surface area contributed by atoms with E-state index in [1.807, 2.05) is 12.1 Å². The first-order valence-electron chi connectivity index (χ1n) is 5.74.